The number of anilines is 3. The summed E-state index contributed by atoms with van der Waals surface area (Å²) >= 11 is 6.36. The van der Waals surface area contributed by atoms with Crippen LogP contribution >= 0.6 is 11.6 Å². The van der Waals surface area contributed by atoms with Gasteiger partial charge in [0.1, 0.15) is 0 Å². The van der Waals surface area contributed by atoms with Gasteiger partial charge < -0.3 is 30.5 Å². The molecule has 3 aliphatic heterocycles. The minimum Gasteiger partial charge on any atom is -0.436 e. The van der Waals surface area contributed by atoms with Crippen LogP contribution in [-0.2, 0) is 26.2 Å². The minimum absolute atomic E-state index is 0.0205. The minimum atomic E-state index is -1.09. The molecule has 0 bridgehead atoms. The number of nitrogens with zero attached hydrogens (tertiary/aromatic N) is 4. The Morgan fingerprint density at radius 1 is 1.04 bits per heavy atom. The molecule has 3 amide bonds. The molecule has 2 saturated heterocycles. The second-order valence-corrected chi connectivity index (χ2v) is 12.2. The Bertz CT molecular complexity index is 1640. The number of hydrogen-bond acceptors (Lipinski definition) is 7. The third-order valence-electron chi connectivity index (χ3n) is 9.15. The van der Waals surface area contributed by atoms with Crippen molar-refractivity contribution in [1.29, 1.82) is 0 Å². The van der Waals surface area contributed by atoms with Crippen molar-refractivity contribution < 1.29 is 19.1 Å². The van der Waals surface area contributed by atoms with Crippen LogP contribution in [0, 0.1) is 12.3 Å². The van der Waals surface area contributed by atoms with E-state index in [1.54, 1.807) is 34.3 Å². The number of para-hydroxylation sites is 1. The molecule has 11 heteroatoms. The third kappa shape index (κ3) is 6.26. The highest BCUT2D eigenvalue weighted by molar-refractivity contribution is 6.33. The Hall–Kier alpha value is -4.75. The number of aromatic nitrogens is 1. The number of carbonyl (C=O) groups excluding carboxylic acids is 3. The Morgan fingerprint density at radius 2 is 1.76 bits per heavy atom. The molecule has 2 fully saturated rings. The average Bonchev–Trinajstić information content (AvgIpc) is 3.06. The molecule has 0 unspecified atom stereocenters. The highest BCUT2D eigenvalue weighted by atomic mass is 35.5. The zero-order valence-corrected chi connectivity index (χ0v) is 25.6. The maximum Gasteiger partial charge on any atom is 0.410 e. The number of nitrogen functional groups attached to an aromatic ring is 1. The van der Waals surface area contributed by atoms with E-state index in [-0.39, 0.29) is 34.4 Å². The summed E-state index contributed by atoms with van der Waals surface area (Å²) < 4.78 is 6.00. The van der Waals surface area contributed by atoms with Crippen molar-refractivity contribution >= 4 is 46.6 Å². The van der Waals surface area contributed by atoms with Gasteiger partial charge in [-0.15, -0.1) is 6.42 Å². The number of pyridine rings is 1. The quantitative estimate of drug-likeness (QED) is 0.324. The predicted molar refractivity (Wildman–Crippen MR) is 173 cm³/mol. The van der Waals surface area contributed by atoms with E-state index < -0.39 is 12.2 Å². The molecule has 6 rings (SSSR count). The zero-order valence-electron chi connectivity index (χ0n) is 24.9. The molecule has 0 aliphatic carbocycles. The van der Waals surface area contributed by atoms with E-state index in [4.69, 9.17) is 28.5 Å². The molecule has 10 nitrogen and oxygen atoms in total. The molecule has 3 aliphatic rings. The molecule has 45 heavy (non-hydrogen) atoms. The van der Waals surface area contributed by atoms with E-state index in [1.807, 2.05) is 36.4 Å². The fourth-order valence-electron chi connectivity index (χ4n) is 6.66. The van der Waals surface area contributed by atoms with E-state index in [0.29, 0.717) is 69.7 Å². The number of rotatable bonds is 5. The molecule has 0 saturated carbocycles. The highest BCUT2D eigenvalue weighted by Gasteiger charge is 2.44. The SMILES string of the molecule is C#Cc1cc(C[C@@H](OC(=O)N2CCC3(CC2)CC(=O)Nc2ccccc23)C(=O)N2CCN(c3ccncc3)CC2)cc(Cl)c1N. The van der Waals surface area contributed by atoms with Crippen LogP contribution in [0.2, 0.25) is 5.02 Å². The molecule has 1 atom stereocenters. The van der Waals surface area contributed by atoms with Crippen LogP contribution in [0.25, 0.3) is 0 Å². The summed E-state index contributed by atoms with van der Waals surface area (Å²) in [6.45, 7) is 3.02. The van der Waals surface area contributed by atoms with E-state index in [0.717, 1.165) is 16.9 Å². The molecular formula is C34H35ClN6O4. The number of fused-ring (bicyclic) bond motifs is 2. The van der Waals surface area contributed by atoms with Crippen molar-refractivity contribution in [3.8, 4) is 12.3 Å². The summed E-state index contributed by atoms with van der Waals surface area (Å²) in [6, 6.07) is 15.1. The number of benzene rings is 2. The zero-order chi connectivity index (χ0) is 31.6. The molecule has 1 spiro atoms. The number of piperazine rings is 1. The molecule has 4 heterocycles. The van der Waals surface area contributed by atoms with Gasteiger partial charge in [0.05, 0.1) is 10.7 Å². The van der Waals surface area contributed by atoms with Gasteiger partial charge in [-0.3, -0.25) is 14.6 Å². The number of carbonyl (C=O) groups is 3. The molecule has 1 aromatic heterocycles. The number of ether oxygens (including phenoxy) is 1. The van der Waals surface area contributed by atoms with E-state index in [2.05, 4.69) is 21.1 Å². The summed E-state index contributed by atoms with van der Waals surface area (Å²) in [7, 11) is 0. The van der Waals surface area contributed by atoms with Gasteiger partial charge in [0.15, 0.2) is 6.10 Å². The van der Waals surface area contributed by atoms with Crippen molar-refractivity contribution in [3.63, 3.8) is 0 Å². The van der Waals surface area contributed by atoms with Gasteiger partial charge in [-0.25, -0.2) is 4.79 Å². The smallest absolute Gasteiger partial charge is 0.410 e. The first-order valence-corrected chi connectivity index (χ1v) is 15.5. The first kappa shape index (κ1) is 30.3. The van der Waals surface area contributed by atoms with Gasteiger partial charge in [0.2, 0.25) is 5.91 Å². The van der Waals surface area contributed by atoms with Crippen LogP contribution in [0.5, 0.6) is 0 Å². The predicted octanol–water partition coefficient (Wildman–Crippen LogP) is 4.07. The van der Waals surface area contributed by atoms with Gasteiger partial charge in [-0.05, 0) is 54.3 Å². The van der Waals surface area contributed by atoms with Crippen molar-refractivity contribution in [2.45, 2.75) is 37.2 Å². The lowest BCUT2D eigenvalue weighted by Gasteiger charge is -2.44. The summed E-state index contributed by atoms with van der Waals surface area (Å²) in [5.41, 5.74) is 10.0. The maximum atomic E-state index is 13.9. The largest absolute Gasteiger partial charge is 0.436 e. The first-order chi connectivity index (χ1) is 21.8. The number of piperidine rings is 1. The molecule has 3 aromatic rings. The number of nitrogens with two attached hydrogens (primary N) is 1. The number of nitrogens with one attached hydrogen (secondary N) is 1. The van der Waals surface area contributed by atoms with Gasteiger partial charge in [-0.2, -0.15) is 0 Å². The van der Waals surface area contributed by atoms with Gasteiger partial charge in [0, 0.05) is 86.9 Å². The van der Waals surface area contributed by atoms with E-state index >= 15 is 0 Å². The van der Waals surface area contributed by atoms with Crippen LogP contribution in [0.4, 0.5) is 21.9 Å². The molecular weight excluding hydrogens is 592 g/mol. The number of terminal acetylenes is 1. The second kappa shape index (κ2) is 12.7. The van der Waals surface area contributed by atoms with Crippen molar-refractivity contribution in [1.82, 2.24) is 14.8 Å². The molecule has 2 aromatic carbocycles. The van der Waals surface area contributed by atoms with Gasteiger partial charge in [-0.1, -0.05) is 35.7 Å². The lowest BCUT2D eigenvalue weighted by atomic mass is 9.68. The Labute approximate surface area is 267 Å². The number of amides is 3. The normalized spacial score (nSPS) is 18.0. The van der Waals surface area contributed by atoms with Crippen molar-refractivity contribution in [3.05, 3.63) is 82.6 Å². The fourth-order valence-corrected chi connectivity index (χ4v) is 6.90. The summed E-state index contributed by atoms with van der Waals surface area (Å²) in [5, 5.41) is 3.24. The molecule has 3 N–H and O–H groups in total. The third-order valence-corrected chi connectivity index (χ3v) is 9.47. The lowest BCUT2D eigenvalue weighted by Crippen LogP contribution is -2.54. The summed E-state index contributed by atoms with van der Waals surface area (Å²) in [5.74, 6) is 2.24. The lowest BCUT2D eigenvalue weighted by molar-refractivity contribution is -0.141. The standard InChI is InChI=1S/C34H35ClN6O4/c1-2-24-19-23(20-27(35)31(24)36)21-29(32(43)40-17-15-39(16-18-40)25-7-11-37-12-8-25)45-33(44)41-13-9-34(10-14-41)22-30(42)38-28-6-4-3-5-26(28)34/h1,3-8,11-12,19-20,29H,9-10,13-18,21-22,36H2,(H,38,42)/t29-/m1/s1. The second-order valence-electron chi connectivity index (χ2n) is 11.8. The van der Waals surface area contributed by atoms with Crippen molar-refractivity contribution in [2.24, 2.45) is 0 Å². The van der Waals surface area contributed by atoms with Crippen LogP contribution in [0.3, 0.4) is 0 Å². The highest BCUT2D eigenvalue weighted by Crippen LogP contribution is 2.45. The Kier molecular flexibility index (Phi) is 8.55. The summed E-state index contributed by atoms with van der Waals surface area (Å²) in [4.78, 5) is 49.8. The molecule has 0 radical (unpaired) electrons. The van der Waals surface area contributed by atoms with Gasteiger partial charge >= 0.3 is 6.09 Å². The topological polar surface area (TPSA) is 121 Å². The average molecular weight is 627 g/mol. The Balaban J connectivity index is 1.17. The van der Waals surface area contributed by atoms with Crippen LogP contribution < -0.4 is 16.0 Å². The van der Waals surface area contributed by atoms with Crippen LogP contribution in [0.1, 0.15) is 36.0 Å². The van der Waals surface area contributed by atoms with Gasteiger partial charge in [0.25, 0.3) is 5.91 Å². The molecule has 232 valence electrons. The van der Waals surface area contributed by atoms with Crippen LogP contribution in [0.15, 0.2) is 60.9 Å². The maximum absolute atomic E-state index is 13.9. The van der Waals surface area contributed by atoms with Crippen molar-refractivity contribution in [2.75, 3.05) is 55.2 Å². The Morgan fingerprint density at radius 3 is 2.47 bits per heavy atom. The van der Waals surface area contributed by atoms with Crippen LogP contribution in [-0.4, -0.2) is 78.1 Å². The fraction of sp³-hybridized carbons (Fsp3) is 0.353. The number of hydrogen-bond donors (Lipinski definition) is 2. The number of halogens is 1. The van der Waals surface area contributed by atoms with E-state index in [9.17, 15) is 14.4 Å². The number of likely N-dealkylation sites (tertiary alicyclic amines) is 1. The first-order valence-electron chi connectivity index (χ1n) is 15.1. The monoisotopic (exact) mass is 626 g/mol. The van der Waals surface area contributed by atoms with E-state index in [1.165, 1.54) is 0 Å². The summed E-state index contributed by atoms with van der Waals surface area (Å²) in [6.07, 6.45) is 9.17.